The topological polar surface area (TPSA) is 55.8 Å². The van der Waals surface area contributed by atoms with E-state index in [1.54, 1.807) is 0 Å². The fraction of sp³-hybridized carbons (Fsp3) is 0.750. The molecule has 1 aliphatic heterocycles. The van der Waals surface area contributed by atoms with Gasteiger partial charge < -0.3 is 6.53 Å². The number of carboxylic acids is 1. The summed E-state index contributed by atoms with van der Waals surface area (Å²) in [5.41, 5.74) is 0. The molecule has 0 radical (unpaired) electrons. The summed E-state index contributed by atoms with van der Waals surface area (Å²) in [6, 6.07) is 0. The zero-order chi connectivity index (χ0) is 5.98. The van der Waals surface area contributed by atoms with Crippen molar-refractivity contribution in [1.29, 1.82) is 0 Å². The van der Waals surface area contributed by atoms with Crippen molar-refractivity contribution in [2.45, 2.75) is 12.5 Å². The summed E-state index contributed by atoms with van der Waals surface area (Å²) in [6.07, 6.45) is -0.287. The monoisotopic (exact) mass is 142 g/mol. The summed E-state index contributed by atoms with van der Waals surface area (Å²) in [4.78, 5) is 18.6. The van der Waals surface area contributed by atoms with Crippen molar-refractivity contribution in [3.63, 3.8) is 0 Å². The molecule has 1 rings (SSSR count). The number of rotatable bonds is 1. The minimum Gasteiger partial charge on any atom is -1.00 e. The van der Waals surface area contributed by atoms with Gasteiger partial charge in [-0.2, -0.15) is 0 Å². The largest absolute Gasteiger partial charge is 1.00 e. The maximum atomic E-state index is 10.00. The molecule has 5 heteroatoms. The van der Waals surface area contributed by atoms with Crippen molar-refractivity contribution < 1.29 is 50.7 Å². The molecule has 1 N–H and O–H groups in total. The second-order valence-electron chi connectivity index (χ2n) is 1.53. The number of hydrogen-bond acceptors (Lipinski definition) is 3. The van der Waals surface area contributed by atoms with Crippen LogP contribution in [0.2, 0.25) is 0 Å². The van der Waals surface area contributed by atoms with Crippen molar-refractivity contribution in [1.82, 2.24) is 0 Å². The van der Waals surface area contributed by atoms with Crippen LogP contribution >= 0.6 is 0 Å². The molecule has 0 spiro atoms. The molecule has 0 aromatic rings. The third-order valence-corrected chi connectivity index (χ3v) is 0.923. The van der Waals surface area contributed by atoms with E-state index in [1.165, 1.54) is 0 Å². The van der Waals surface area contributed by atoms with Gasteiger partial charge in [-0.1, -0.05) is 0 Å². The van der Waals surface area contributed by atoms with Crippen LogP contribution in [0.1, 0.15) is 7.85 Å². The van der Waals surface area contributed by atoms with E-state index in [4.69, 9.17) is 5.11 Å². The Labute approximate surface area is 75.8 Å². The first-order chi connectivity index (χ1) is 3.80. The zero-order valence-corrected chi connectivity index (χ0v) is 7.16. The Kier molecular flexibility index (Phi) is 4.43. The average molecular weight is 142 g/mol. The van der Waals surface area contributed by atoms with E-state index in [-0.39, 0.29) is 31.0 Å². The molecule has 4 nitrogen and oxygen atoms in total. The van der Waals surface area contributed by atoms with E-state index >= 15 is 0 Å². The minimum absolute atomic E-state index is 0. The molecule has 1 fully saturated rings. The third kappa shape index (κ3) is 2.64. The van der Waals surface area contributed by atoms with Crippen LogP contribution in [-0.4, -0.2) is 23.8 Å². The minimum atomic E-state index is -0.956. The number of carboxylic acid groups (broad SMARTS) is 1. The van der Waals surface area contributed by atoms with Gasteiger partial charge in [-0.3, -0.25) is 0 Å². The smallest absolute Gasteiger partial charge is 1.00 e. The normalized spacial score (nSPS) is 25.1. The van der Waals surface area contributed by atoms with Gasteiger partial charge in [0.2, 0.25) is 0 Å². The van der Waals surface area contributed by atoms with Gasteiger partial charge in [0.1, 0.15) is 0 Å². The number of aliphatic carboxylic acids is 1. The van der Waals surface area contributed by atoms with Crippen molar-refractivity contribution in [2.75, 3.05) is 6.61 Å². The maximum Gasteiger partial charge on any atom is 1.00 e. The van der Waals surface area contributed by atoms with E-state index in [0.717, 1.165) is 0 Å². The van der Waals surface area contributed by atoms with Crippen LogP contribution in [0.5, 0.6) is 0 Å². The summed E-state index contributed by atoms with van der Waals surface area (Å²) in [6.45, 7) is 0.386. The Morgan fingerprint density at radius 2 is 2.44 bits per heavy atom. The molecule has 0 aromatic heterocycles. The van der Waals surface area contributed by atoms with Crippen LogP contribution in [-0.2, 0) is 14.6 Å². The van der Waals surface area contributed by atoms with E-state index in [0.29, 0.717) is 13.0 Å². The van der Waals surface area contributed by atoms with Gasteiger partial charge in [0.25, 0.3) is 0 Å². The average Bonchev–Trinajstić information content (AvgIpc) is 2.12. The second-order valence-corrected chi connectivity index (χ2v) is 1.53. The summed E-state index contributed by atoms with van der Waals surface area (Å²) < 4.78 is 0. The van der Waals surface area contributed by atoms with Gasteiger partial charge in [0.15, 0.2) is 6.10 Å². The predicted octanol–water partition coefficient (Wildman–Crippen LogP) is -3.09. The molecular weight excluding hydrogens is 135 g/mol. The molecule has 1 aliphatic rings. The standard InChI is InChI=1S/C4H6O4.Na.H/c5-4(6)3-1-2-7-8-3;;/h3H,1-2H2,(H,5,6);;/q;+1;-1. The third-order valence-electron chi connectivity index (χ3n) is 0.923. The Balaban J connectivity index is 0. The van der Waals surface area contributed by atoms with Gasteiger partial charge in [-0.15, -0.1) is 0 Å². The SMILES string of the molecule is O=C(O)C1CCOO1.[H-].[Na+]. The molecule has 1 heterocycles. The van der Waals surface area contributed by atoms with Crippen LogP contribution in [0.4, 0.5) is 0 Å². The molecule has 1 unspecified atom stereocenters. The Hall–Kier alpha value is 0.390. The summed E-state index contributed by atoms with van der Waals surface area (Å²) in [7, 11) is 0. The zero-order valence-electron chi connectivity index (χ0n) is 6.16. The van der Waals surface area contributed by atoms with E-state index in [9.17, 15) is 4.79 Å². The molecule has 0 aromatic carbocycles. The van der Waals surface area contributed by atoms with Crippen molar-refractivity contribution in [3.05, 3.63) is 0 Å². The number of carbonyl (C=O) groups is 1. The van der Waals surface area contributed by atoms with Crippen LogP contribution in [0.25, 0.3) is 0 Å². The van der Waals surface area contributed by atoms with E-state index < -0.39 is 12.1 Å². The van der Waals surface area contributed by atoms with Crippen molar-refractivity contribution in [2.24, 2.45) is 0 Å². The first kappa shape index (κ1) is 9.39. The van der Waals surface area contributed by atoms with Crippen LogP contribution in [0.3, 0.4) is 0 Å². The Morgan fingerprint density at radius 1 is 1.78 bits per heavy atom. The quantitative estimate of drug-likeness (QED) is 0.311. The van der Waals surface area contributed by atoms with Crippen LogP contribution in [0, 0.1) is 0 Å². The molecule has 9 heavy (non-hydrogen) atoms. The molecule has 0 aliphatic carbocycles. The fourth-order valence-electron chi connectivity index (χ4n) is 0.498. The number of hydrogen-bond donors (Lipinski definition) is 1. The Bertz CT molecular complexity index is 103. The molecule has 0 bridgehead atoms. The molecule has 0 saturated carbocycles. The molecule has 1 atom stereocenters. The predicted molar refractivity (Wildman–Crippen MR) is 24.2 cm³/mol. The van der Waals surface area contributed by atoms with Crippen molar-refractivity contribution in [3.8, 4) is 0 Å². The van der Waals surface area contributed by atoms with Gasteiger partial charge >= 0.3 is 35.5 Å². The van der Waals surface area contributed by atoms with Crippen molar-refractivity contribution >= 4 is 5.97 Å². The van der Waals surface area contributed by atoms with Crippen LogP contribution in [0.15, 0.2) is 0 Å². The molecular formula is C4H7NaO4. The summed E-state index contributed by atoms with van der Waals surface area (Å²) in [5.74, 6) is -0.956. The van der Waals surface area contributed by atoms with E-state index in [1.807, 2.05) is 0 Å². The molecule has 48 valence electrons. The fourth-order valence-corrected chi connectivity index (χ4v) is 0.498. The molecule has 1 saturated heterocycles. The second kappa shape index (κ2) is 4.24. The Morgan fingerprint density at radius 3 is 2.67 bits per heavy atom. The molecule has 0 amide bonds. The van der Waals surface area contributed by atoms with Crippen LogP contribution < -0.4 is 29.6 Å². The van der Waals surface area contributed by atoms with Gasteiger partial charge in [-0.05, 0) is 0 Å². The summed E-state index contributed by atoms with van der Waals surface area (Å²) in [5, 5.41) is 8.21. The van der Waals surface area contributed by atoms with Gasteiger partial charge in [0.05, 0.1) is 6.61 Å². The first-order valence-electron chi connectivity index (χ1n) is 2.32. The van der Waals surface area contributed by atoms with E-state index in [2.05, 4.69) is 9.78 Å². The maximum absolute atomic E-state index is 10.00. The summed E-state index contributed by atoms with van der Waals surface area (Å²) >= 11 is 0. The first-order valence-corrected chi connectivity index (χ1v) is 2.32. The van der Waals surface area contributed by atoms with Gasteiger partial charge in [0, 0.05) is 6.42 Å². The van der Waals surface area contributed by atoms with Gasteiger partial charge in [-0.25, -0.2) is 14.6 Å².